The Morgan fingerprint density at radius 3 is 3.00 bits per heavy atom. The van der Waals surface area contributed by atoms with Gasteiger partial charge in [-0.2, -0.15) is 11.3 Å². The lowest BCUT2D eigenvalue weighted by Crippen LogP contribution is -2.19. The largest absolute Gasteiger partial charge is 0.390 e. The van der Waals surface area contributed by atoms with Crippen molar-refractivity contribution < 1.29 is 14.6 Å². The van der Waals surface area contributed by atoms with E-state index in [1.165, 1.54) is 0 Å². The van der Waals surface area contributed by atoms with Crippen molar-refractivity contribution in [2.24, 2.45) is 0 Å². The molecule has 3 nitrogen and oxygen atoms in total. The average molecular weight is 216 g/mol. The molecule has 0 amide bonds. The molecule has 0 aliphatic carbocycles. The molecule has 0 aliphatic rings. The smallest absolute Gasteiger partial charge is 0.0814 e. The molecule has 0 spiro atoms. The van der Waals surface area contributed by atoms with Crippen LogP contribution in [-0.4, -0.2) is 38.1 Å². The number of hydrogen-bond donors (Lipinski definition) is 1. The number of methoxy groups -OCH3 is 1. The number of rotatable bonds is 7. The van der Waals surface area contributed by atoms with Gasteiger partial charge in [0.1, 0.15) is 0 Å². The first-order valence-electron chi connectivity index (χ1n) is 4.58. The van der Waals surface area contributed by atoms with Gasteiger partial charge in [0.05, 0.1) is 25.9 Å². The highest BCUT2D eigenvalue weighted by Gasteiger charge is 2.05. The van der Waals surface area contributed by atoms with E-state index in [4.69, 9.17) is 9.47 Å². The van der Waals surface area contributed by atoms with Crippen molar-refractivity contribution >= 4 is 11.3 Å². The van der Waals surface area contributed by atoms with E-state index in [-0.39, 0.29) is 0 Å². The predicted molar refractivity (Wildman–Crippen MR) is 56.7 cm³/mol. The number of ether oxygens (including phenoxy) is 2. The molecule has 1 N–H and O–H groups in total. The third kappa shape index (κ3) is 4.72. The molecule has 80 valence electrons. The molecule has 0 saturated carbocycles. The van der Waals surface area contributed by atoms with Crippen LogP contribution in [0.3, 0.4) is 0 Å². The van der Waals surface area contributed by atoms with E-state index in [0.29, 0.717) is 26.2 Å². The Kier molecular flexibility index (Phi) is 5.78. The maximum Gasteiger partial charge on any atom is 0.0814 e. The van der Waals surface area contributed by atoms with Crippen LogP contribution in [0.15, 0.2) is 16.8 Å². The Labute approximate surface area is 88.3 Å². The van der Waals surface area contributed by atoms with Crippen molar-refractivity contribution in [1.82, 2.24) is 0 Å². The van der Waals surface area contributed by atoms with Crippen LogP contribution in [0.4, 0.5) is 0 Å². The first-order valence-corrected chi connectivity index (χ1v) is 5.53. The minimum Gasteiger partial charge on any atom is -0.390 e. The van der Waals surface area contributed by atoms with Crippen LogP contribution in [0.5, 0.6) is 0 Å². The highest BCUT2D eigenvalue weighted by atomic mass is 32.1. The summed E-state index contributed by atoms with van der Waals surface area (Å²) in [5.41, 5.74) is 1.16. The lowest BCUT2D eigenvalue weighted by atomic mass is 10.2. The van der Waals surface area contributed by atoms with E-state index in [9.17, 15) is 5.11 Å². The summed E-state index contributed by atoms with van der Waals surface area (Å²) in [6.45, 7) is 1.49. The summed E-state index contributed by atoms with van der Waals surface area (Å²) in [5, 5.41) is 13.6. The summed E-state index contributed by atoms with van der Waals surface area (Å²) in [7, 11) is 1.63. The summed E-state index contributed by atoms with van der Waals surface area (Å²) < 4.78 is 10.0. The normalized spacial score (nSPS) is 13.0. The molecule has 0 fully saturated rings. The summed E-state index contributed by atoms with van der Waals surface area (Å²) in [5.74, 6) is 0. The van der Waals surface area contributed by atoms with Gasteiger partial charge in [-0.1, -0.05) is 0 Å². The van der Waals surface area contributed by atoms with Gasteiger partial charge in [0.2, 0.25) is 0 Å². The Bertz CT molecular complexity index is 223. The van der Waals surface area contributed by atoms with Gasteiger partial charge in [0.25, 0.3) is 0 Å². The van der Waals surface area contributed by atoms with E-state index in [2.05, 4.69) is 0 Å². The molecule has 0 saturated heterocycles. The fraction of sp³-hybridized carbons (Fsp3) is 0.600. The molecule has 1 atom stereocenters. The molecule has 1 heterocycles. The average Bonchev–Trinajstić information content (AvgIpc) is 2.65. The van der Waals surface area contributed by atoms with E-state index in [1.807, 2.05) is 16.8 Å². The van der Waals surface area contributed by atoms with Gasteiger partial charge < -0.3 is 14.6 Å². The zero-order valence-corrected chi connectivity index (χ0v) is 9.13. The first-order chi connectivity index (χ1) is 6.83. The van der Waals surface area contributed by atoms with Gasteiger partial charge in [0.15, 0.2) is 0 Å². The van der Waals surface area contributed by atoms with Gasteiger partial charge in [0, 0.05) is 13.5 Å². The van der Waals surface area contributed by atoms with Gasteiger partial charge in [-0.15, -0.1) is 0 Å². The quantitative estimate of drug-likeness (QED) is 0.699. The third-order valence-corrected chi connectivity index (χ3v) is 2.53. The zero-order valence-electron chi connectivity index (χ0n) is 8.31. The fourth-order valence-corrected chi connectivity index (χ4v) is 1.78. The van der Waals surface area contributed by atoms with E-state index in [0.717, 1.165) is 5.56 Å². The standard InChI is InChI=1S/C10H16O3S/c1-12-3-4-13-7-10(11)6-9-2-5-14-8-9/h2,5,8,10-11H,3-4,6-7H2,1H3. The maximum absolute atomic E-state index is 9.56. The molecule has 4 heteroatoms. The predicted octanol–water partition coefficient (Wildman–Crippen LogP) is 1.31. The minimum absolute atomic E-state index is 0.374. The van der Waals surface area contributed by atoms with Crippen LogP contribution >= 0.6 is 11.3 Å². The summed E-state index contributed by atoms with van der Waals surface area (Å²) in [4.78, 5) is 0. The number of aliphatic hydroxyl groups is 1. The number of hydrogen-bond acceptors (Lipinski definition) is 4. The molecule has 1 aromatic heterocycles. The SMILES string of the molecule is COCCOCC(O)Cc1ccsc1. The van der Waals surface area contributed by atoms with Gasteiger partial charge >= 0.3 is 0 Å². The van der Waals surface area contributed by atoms with E-state index < -0.39 is 6.10 Å². The van der Waals surface area contributed by atoms with Crippen LogP contribution in [0.1, 0.15) is 5.56 Å². The van der Waals surface area contributed by atoms with Crippen LogP contribution in [0.2, 0.25) is 0 Å². The number of thiophene rings is 1. The van der Waals surface area contributed by atoms with Crippen LogP contribution < -0.4 is 0 Å². The van der Waals surface area contributed by atoms with Crippen LogP contribution in [-0.2, 0) is 15.9 Å². The molecule has 14 heavy (non-hydrogen) atoms. The Morgan fingerprint density at radius 1 is 1.50 bits per heavy atom. The van der Waals surface area contributed by atoms with Crippen molar-refractivity contribution in [2.75, 3.05) is 26.9 Å². The minimum atomic E-state index is -0.415. The van der Waals surface area contributed by atoms with Crippen LogP contribution in [0, 0.1) is 0 Å². The Balaban J connectivity index is 2.07. The first kappa shape index (κ1) is 11.7. The van der Waals surface area contributed by atoms with E-state index >= 15 is 0 Å². The van der Waals surface area contributed by atoms with Gasteiger partial charge in [-0.25, -0.2) is 0 Å². The van der Waals surface area contributed by atoms with Crippen molar-refractivity contribution in [3.8, 4) is 0 Å². The molecule has 0 aliphatic heterocycles. The molecule has 1 rings (SSSR count). The Morgan fingerprint density at radius 2 is 2.36 bits per heavy atom. The van der Waals surface area contributed by atoms with Crippen molar-refractivity contribution in [2.45, 2.75) is 12.5 Å². The second-order valence-electron chi connectivity index (χ2n) is 3.06. The van der Waals surface area contributed by atoms with Gasteiger partial charge in [-0.05, 0) is 22.4 Å². The molecular weight excluding hydrogens is 200 g/mol. The third-order valence-electron chi connectivity index (χ3n) is 1.79. The highest BCUT2D eigenvalue weighted by molar-refractivity contribution is 7.07. The Hall–Kier alpha value is -0.420. The summed E-state index contributed by atoms with van der Waals surface area (Å²) in [6, 6.07) is 2.02. The molecule has 0 radical (unpaired) electrons. The summed E-state index contributed by atoms with van der Waals surface area (Å²) >= 11 is 1.64. The number of aliphatic hydroxyl groups excluding tert-OH is 1. The monoisotopic (exact) mass is 216 g/mol. The lowest BCUT2D eigenvalue weighted by molar-refractivity contribution is 0.0137. The van der Waals surface area contributed by atoms with Crippen LogP contribution in [0.25, 0.3) is 0 Å². The lowest BCUT2D eigenvalue weighted by Gasteiger charge is -2.09. The topological polar surface area (TPSA) is 38.7 Å². The van der Waals surface area contributed by atoms with Crippen molar-refractivity contribution in [3.05, 3.63) is 22.4 Å². The molecule has 1 unspecified atom stereocenters. The van der Waals surface area contributed by atoms with E-state index in [1.54, 1.807) is 18.4 Å². The fourth-order valence-electron chi connectivity index (χ4n) is 1.10. The molecule has 0 bridgehead atoms. The van der Waals surface area contributed by atoms with Gasteiger partial charge in [-0.3, -0.25) is 0 Å². The molecule has 0 aromatic carbocycles. The zero-order chi connectivity index (χ0) is 10.2. The second kappa shape index (κ2) is 6.95. The van der Waals surface area contributed by atoms with Crippen molar-refractivity contribution in [1.29, 1.82) is 0 Å². The highest BCUT2D eigenvalue weighted by Crippen LogP contribution is 2.08. The maximum atomic E-state index is 9.56. The second-order valence-corrected chi connectivity index (χ2v) is 3.84. The molecular formula is C10H16O3S. The molecule has 1 aromatic rings. The van der Waals surface area contributed by atoms with Crippen molar-refractivity contribution in [3.63, 3.8) is 0 Å². The summed E-state index contributed by atoms with van der Waals surface area (Å²) in [6.07, 6.45) is 0.248.